The number of aromatic nitrogens is 1. The number of nitrogens with zero attached hydrogens (tertiary/aromatic N) is 2. The van der Waals surface area contributed by atoms with Crippen LogP contribution >= 0.6 is 11.3 Å². The lowest BCUT2D eigenvalue weighted by atomic mass is 9.95. The molecule has 6 heteroatoms. The zero-order valence-corrected chi connectivity index (χ0v) is 18.2. The van der Waals surface area contributed by atoms with Gasteiger partial charge in [-0.2, -0.15) is 0 Å². The van der Waals surface area contributed by atoms with E-state index in [2.05, 4.69) is 11.8 Å². The van der Waals surface area contributed by atoms with Crippen LogP contribution in [0.15, 0.2) is 12.1 Å². The van der Waals surface area contributed by atoms with E-state index in [0.717, 1.165) is 41.3 Å². The zero-order valence-electron chi connectivity index (χ0n) is 17.4. The van der Waals surface area contributed by atoms with E-state index in [9.17, 15) is 4.79 Å². The minimum absolute atomic E-state index is 0.253. The normalized spacial score (nSPS) is 26.7. The summed E-state index contributed by atoms with van der Waals surface area (Å²) in [7, 11) is 1.46. The van der Waals surface area contributed by atoms with Gasteiger partial charge in [0, 0.05) is 25.1 Å². The first-order valence-corrected chi connectivity index (χ1v) is 11.9. The number of hydrogen-bond donors (Lipinski definition) is 0. The molecule has 5 nitrogen and oxygen atoms in total. The Hall–Kier alpha value is -1.66. The molecule has 1 aromatic heterocycles. The number of carbonyl (C=O) groups excluding carboxylic acids is 1. The molecule has 2 aromatic rings. The predicted octanol–water partition coefficient (Wildman–Crippen LogP) is 5.13. The van der Waals surface area contributed by atoms with Crippen molar-refractivity contribution in [3.8, 4) is 0 Å². The summed E-state index contributed by atoms with van der Waals surface area (Å²) >= 11 is 1.73. The van der Waals surface area contributed by atoms with Gasteiger partial charge in [-0.3, -0.25) is 0 Å². The summed E-state index contributed by atoms with van der Waals surface area (Å²) < 4.78 is 12.2. The SMILES string of the molecule is CCCOC1C[C@H]2C[C@@H]1CN2c1nc2c(C3CCCC3)cc(C(=O)OC)cc2s1. The number of carbonyl (C=O) groups is 1. The summed E-state index contributed by atoms with van der Waals surface area (Å²) in [4.78, 5) is 19.9. The second-order valence-electron chi connectivity index (χ2n) is 8.83. The molecule has 0 radical (unpaired) electrons. The van der Waals surface area contributed by atoms with E-state index in [1.807, 2.05) is 12.1 Å². The maximum atomic E-state index is 12.3. The van der Waals surface area contributed by atoms with Crippen LogP contribution in [0.4, 0.5) is 5.13 Å². The van der Waals surface area contributed by atoms with Gasteiger partial charge >= 0.3 is 5.97 Å². The first-order chi connectivity index (χ1) is 14.2. The number of hydrogen-bond acceptors (Lipinski definition) is 6. The van der Waals surface area contributed by atoms with Crippen molar-refractivity contribution in [1.82, 2.24) is 4.98 Å². The Morgan fingerprint density at radius 3 is 2.79 bits per heavy atom. The van der Waals surface area contributed by atoms with Crippen molar-refractivity contribution in [3.05, 3.63) is 23.3 Å². The van der Waals surface area contributed by atoms with Crippen molar-refractivity contribution < 1.29 is 14.3 Å². The van der Waals surface area contributed by atoms with Gasteiger partial charge in [0.05, 0.1) is 29.0 Å². The largest absolute Gasteiger partial charge is 0.465 e. The number of benzene rings is 1. The van der Waals surface area contributed by atoms with Crippen LogP contribution in [0.2, 0.25) is 0 Å². The highest BCUT2D eigenvalue weighted by molar-refractivity contribution is 7.22. The second kappa shape index (κ2) is 7.88. The molecule has 1 aliphatic heterocycles. The average molecular weight is 415 g/mol. The third kappa shape index (κ3) is 3.44. The number of fused-ring (bicyclic) bond motifs is 3. The quantitative estimate of drug-likeness (QED) is 0.613. The molecule has 1 saturated heterocycles. The Balaban J connectivity index is 1.46. The van der Waals surface area contributed by atoms with Gasteiger partial charge in [-0.05, 0) is 55.7 Å². The summed E-state index contributed by atoms with van der Waals surface area (Å²) in [6, 6.07) is 4.55. The molecule has 2 saturated carbocycles. The van der Waals surface area contributed by atoms with Crippen molar-refractivity contribution in [1.29, 1.82) is 0 Å². The highest BCUT2D eigenvalue weighted by Gasteiger charge is 2.46. The van der Waals surface area contributed by atoms with Crippen LogP contribution in [0.3, 0.4) is 0 Å². The molecule has 2 heterocycles. The molecule has 5 rings (SSSR count). The Morgan fingerprint density at radius 2 is 2.10 bits per heavy atom. The van der Waals surface area contributed by atoms with Crippen LogP contribution in [0.5, 0.6) is 0 Å². The second-order valence-corrected chi connectivity index (χ2v) is 9.84. The standard InChI is InChI=1S/C23H30N2O3S/c1-3-8-28-19-12-17-9-16(19)13-25(17)23-24-21-18(14-6-4-5-7-14)10-15(22(26)27-2)11-20(21)29-23/h10-11,14,16-17,19H,3-9,12-13H2,1-2H3/t16-,17-,19?/m1/s1. The van der Waals surface area contributed by atoms with E-state index in [0.29, 0.717) is 29.5 Å². The number of piperidine rings is 1. The highest BCUT2D eigenvalue weighted by Crippen LogP contribution is 2.46. The Kier molecular flexibility index (Phi) is 5.25. The van der Waals surface area contributed by atoms with E-state index in [1.165, 1.54) is 44.8 Å². The Labute approximate surface area is 176 Å². The Bertz CT molecular complexity index is 905. The molecule has 2 bridgehead atoms. The molecule has 0 amide bonds. The van der Waals surface area contributed by atoms with Crippen LogP contribution in [0.25, 0.3) is 10.2 Å². The van der Waals surface area contributed by atoms with Gasteiger partial charge in [-0.25, -0.2) is 9.78 Å². The molecule has 1 aromatic carbocycles. The zero-order chi connectivity index (χ0) is 20.0. The maximum absolute atomic E-state index is 12.3. The molecule has 3 fully saturated rings. The number of rotatable bonds is 6. The van der Waals surface area contributed by atoms with E-state index in [4.69, 9.17) is 14.5 Å². The van der Waals surface area contributed by atoms with Gasteiger partial charge in [-0.1, -0.05) is 31.1 Å². The van der Waals surface area contributed by atoms with E-state index in [1.54, 1.807) is 11.3 Å². The molecule has 3 aliphatic rings. The van der Waals surface area contributed by atoms with Crippen LogP contribution in [-0.4, -0.2) is 43.4 Å². The third-order valence-electron chi connectivity index (χ3n) is 6.99. The Morgan fingerprint density at radius 1 is 1.28 bits per heavy atom. The van der Waals surface area contributed by atoms with Gasteiger partial charge in [0.1, 0.15) is 0 Å². The minimum atomic E-state index is -0.253. The summed E-state index contributed by atoms with van der Waals surface area (Å²) in [6.07, 6.45) is 8.75. The monoisotopic (exact) mass is 414 g/mol. The summed E-state index contributed by atoms with van der Waals surface area (Å²) in [5.41, 5.74) is 3.01. The fourth-order valence-corrected chi connectivity index (χ4v) is 6.68. The lowest BCUT2D eigenvalue weighted by Gasteiger charge is -2.31. The van der Waals surface area contributed by atoms with E-state index < -0.39 is 0 Å². The smallest absolute Gasteiger partial charge is 0.337 e. The van der Waals surface area contributed by atoms with Crippen molar-refractivity contribution in [2.45, 2.75) is 69.9 Å². The highest BCUT2D eigenvalue weighted by atomic mass is 32.1. The molecule has 1 unspecified atom stereocenters. The van der Waals surface area contributed by atoms with Gasteiger partial charge < -0.3 is 14.4 Å². The van der Waals surface area contributed by atoms with Crippen LogP contribution < -0.4 is 4.90 Å². The molecule has 2 aliphatic carbocycles. The fourth-order valence-electron chi connectivity index (χ4n) is 5.56. The molecular formula is C23H30N2O3S. The van der Waals surface area contributed by atoms with Crippen molar-refractivity contribution in [2.24, 2.45) is 5.92 Å². The maximum Gasteiger partial charge on any atom is 0.337 e. The van der Waals surface area contributed by atoms with Gasteiger partial charge in [0.2, 0.25) is 0 Å². The van der Waals surface area contributed by atoms with E-state index >= 15 is 0 Å². The van der Waals surface area contributed by atoms with Gasteiger partial charge in [0.15, 0.2) is 5.13 Å². The van der Waals surface area contributed by atoms with Crippen molar-refractivity contribution in [3.63, 3.8) is 0 Å². The number of esters is 1. The van der Waals surface area contributed by atoms with Crippen molar-refractivity contribution >= 4 is 32.7 Å². The lowest BCUT2D eigenvalue weighted by molar-refractivity contribution is 0.0248. The van der Waals surface area contributed by atoms with E-state index in [-0.39, 0.29) is 5.97 Å². The molecule has 0 N–H and O–H groups in total. The van der Waals surface area contributed by atoms with Crippen LogP contribution in [0, 0.1) is 5.92 Å². The number of thiazole rings is 1. The lowest BCUT2D eigenvalue weighted by Crippen LogP contribution is -2.38. The molecule has 156 valence electrons. The topological polar surface area (TPSA) is 51.7 Å². The number of methoxy groups -OCH3 is 1. The van der Waals surface area contributed by atoms with Gasteiger partial charge in [-0.15, -0.1) is 0 Å². The first kappa shape index (κ1) is 19.3. The predicted molar refractivity (Wildman–Crippen MR) is 116 cm³/mol. The minimum Gasteiger partial charge on any atom is -0.465 e. The van der Waals surface area contributed by atoms with Gasteiger partial charge in [0.25, 0.3) is 0 Å². The molecule has 3 atom stereocenters. The van der Waals surface area contributed by atoms with Crippen molar-refractivity contribution in [2.75, 3.05) is 25.2 Å². The molecular weight excluding hydrogens is 384 g/mol. The average Bonchev–Trinajstić information content (AvgIpc) is 3.52. The number of anilines is 1. The molecule has 29 heavy (non-hydrogen) atoms. The van der Waals surface area contributed by atoms with Crippen LogP contribution in [0.1, 0.15) is 73.7 Å². The summed E-state index contributed by atoms with van der Waals surface area (Å²) in [6.45, 7) is 4.09. The number of ether oxygens (including phenoxy) is 2. The first-order valence-electron chi connectivity index (χ1n) is 11.1. The van der Waals surface area contributed by atoms with Crippen LogP contribution in [-0.2, 0) is 9.47 Å². The third-order valence-corrected chi connectivity index (χ3v) is 8.03. The summed E-state index contributed by atoms with van der Waals surface area (Å²) in [5, 5.41) is 1.11. The molecule has 0 spiro atoms. The summed E-state index contributed by atoms with van der Waals surface area (Å²) in [5.74, 6) is 0.884. The fraction of sp³-hybridized carbons (Fsp3) is 0.652.